The van der Waals surface area contributed by atoms with E-state index in [9.17, 15) is 4.79 Å². The van der Waals surface area contributed by atoms with Gasteiger partial charge in [-0.25, -0.2) is 4.98 Å². The minimum Gasteiger partial charge on any atom is -0.359 e. The van der Waals surface area contributed by atoms with Crippen LogP contribution in [-0.4, -0.2) is 9.55 Å². The van der Waals surface area contributed by atoms with E-state index in [0.29, 0.717) is 24.1 Å². The summed E-state index contributed by atoms with van der Waals surface area (Å²) in [5, 5.41) is 0.657. The van der Waals surface area contributed by atoms with Gasteiger partial charge in [-0.3, -0.25) is 9.36 Å². The Bertz CT molecular complexity index is 963. The van der Waals surface area contributed by atoms with Crippen LogP contribution in [0.4, 0.5) is 0 Å². The Morgan fingerprint density at radius 2 is 1.91 bits per heavy atom. The number of benzene rings is 2. The maximum absolute atomic E-state index is 13.1. The summed E-state index contributed by atoms with van der Waals surface area (Å²) in [5.41, 5.74) is 7.65. The summed E-state index contributed by atoms with van der Waals surface area (Å²) < 4.78 is 1.67. The second kappa shape index (κ2) is 6.37. The molecule has 0 fully saturated rings. The fourth-order valence-corrected chi connectivity index (χ4v) is 2.70. The van der Waals surface area contributed by atoms with Gasteiger partial charge in [-0.2, -0.15) is 0 Å². The van der Waals surface area contributed by atoms with E-state index in [4.69, 9.17) is 10.7 Å². The van der Waals surface area contributed by atoms with E-state index < -0.39 is 0 Å². The van der Waals surface area contributed by atoms with Crippen molar-refractivity contribution in [2.45, 2.75) is 19.8 Å². The molecule has 2 aromatic carbocycles. The molecule has 0 aliphatic rings. The highest BCUT2D eigenvalue weighted by Crippen LogP contribution is 2.16. The summed E-state index contributed by atoms with van der Waals surface area (Å²) in [6, 6.07) is 17.7. The largest absolute Gasteiger partial charge is 0.359 e. The van der Waals surface area contributed by atoms with Crippen LogP contribution in [0.1, 0.15) is 17.8 Å². The predicted molar refractivity (Wildman–Crippen MR) is 92.4 cm³/mol. The molecule has 3 rings (SSSR count). The normalized spacial score (nSPS) is 10.3. The van der Waals surface area contributed by atoms with Gasteiger partial charge in [-0.05, 0) is 30.7 Å². The Labute approximate surface area is 134 Å². The molecule has 0 amide bonds. The molecule has 0 atom stereocenters. The molecule has 0 unspecified atom stereocenters. The van der Waals surface area contributed by atoms with Crippen molar-refractivity contribution in [2.24, 2.45) is 5.73 Å². The molecule has 2 N–H and O–H groups in total. The molecule has 0 bridgehead atoms. The number of aryl methyl sites for hydroxylation is 2. The monoisotopic (exact) mass is 303 g/mol. The average Bonchev–Trinajstić information content (AvgIpc) is 2.56. The number of rotatable bonds is 3. The fourth-order valence-electron chi connectivity index (χ4n) is 2.70. The molecule has 4 heteroatoms. The van der Waals surface area contributed by atoms with Crippen LogP contribution in [0.2, 0.25) is 0 Å². The standard InChI is InChI=1S/C19H17N3O/c1-14-8-7-11-16-18(14)19(23)22(15-9-3-2-4-10-15)17(21-16)12-5-6-13-20/h2-4,7-11H,5,12,20H2,1H3. The zero-order valence-corrected chi connectivity index (χ0v) is 12.9. The minimum absolute atomic E-state index is 0.0463. The summed E-state index contributed by atoms with van der Waals surface area (Å²) in [4.78, 5) is 17.8. The molecule has 0 spiro atoms. The second-order valence-electron chi connectivity index (χ2n) is 5.29. The van der Waals surface area contributed by atoms with Crippen LogP contribution in [0.5, 0.6) is 0 Å². The summed E-state index contributed by atoms with van der Waals surface area (Å²) in [5.74, 6) is 3.52. The van der Waals surface area contributed by atoms with Gasteiger partial charge in [0.05, 0.1) is 16.6 Å². The van der Waals surface area contributed by atoms with E-state index in [1.54, 1.807) is 4.57 Å². The van der Waals surface area contributed by atoms with Gasteiger partial charge in [0.2, 0.25) is 0 Å². The van der Waals surface area contributed by atoms with Gasteiger partial charge in [0, 0.05) is 18.9 Å². The van der Waals surface area contributed by atoms with Gasteiger partial charge in [0.25, 0.3) is 5.56 Å². The van der Waals surface area contributed by atoms with Crippen molar-refractivity contribution in [3.63, 3.8) is 0 Å². The quantitative estimate of drug-likeness (QED) is 0.597. The van der Waals surface area contributed by atoms with Crippen molar-refractivity contribution in [1.82, 2.24) is 9.55 Å². The predicted octanol–water partition coefficient (Wildman–Crippen LogP) is 2.55. The van der Waals surface area contributed by atoms with Crippen LogP contribution < -0.4 is 11.3 Å². The average molecular weight is 303 g/mol. The van der Waals surface area contributed by atoms with Crippen LogP contribution in [-0.2, 0) is 6.42 Å². The second-order valence-corrected chi connectivity index (χ2v) is 5.29. The molecule has 0 saturated heterocycles. The topological polar surface area (TPSA) is 60.9 Å². The van der Waals surface area contributed by atoms with Crippen LogP contribution >= 0.6 is 0 Å². The Morgan fingerprint density at radius 3 is 2.65 bits per heavy atom. The third-order valence-electron chi connectivity index (χ3n) is 3.77. The lowest BCUT2D eigenvalue weighted by Crippen LogP contribution is -2.24. The first-order valence-corrected chi connectivity index (χ1v) is 7.47. The Hall–Kier alpha value is -3.06. The number of para-hydroxylation sites is 1. The van der Waals surface area contributed by atoms with Gasteiger partial charge in [-0.15, -0.1) is 0 Å². The summed E-state index contributed by atoms with van der Waals surface area (Å²) in [6.07, 6.45) is 1.13. The third kappa shape index (κ3) is 2.82. The fraction of sp³-hybridized carbons (Fsp3) is 0.158. The van der Waals surface area contributed by atoms with Crippen molar-refractivity contribution in [3.8, 4) is 17.7 Å². The van der Waals surface area contributed by atoms with Crippen LogP contribution in [0.15, 0.2) is 53.3 Å². The molecule has 0 aliphatic carbocycles. The lowest BCUT2D eigenvalue weighted by molar-refractivity contribution is 0.806. The van der Waals surface area contributed by atoms with Gasteiger partial charge in [-0.1, -0.05) is 36.3 Å². The number of nitrogens with zero attached hydrogens (tertiary/aromatic N) is 2. The highest BCUT2D eigenvalue weighted by molar-refractivity contribution is 5.81. The SMILES string of the molecule is Cc1cccc2nc(CCC#CN)n(-c3ccccc3)c(=O)c12. The molecule has 23 heavy (non-hydrogen) atoms. The van der Waals surface area contributed by atoms with Gasteiger partial charge >= 0.3 is 0 Å². The molecule has 1 aromatic heterocycles. The Balaban J connectivity index is 2.30. The number of aromatic nitrogens is 2. The first-order chi connectivity index (χ1) is 11.2. The number of hydrogen-bond donors (Lipinski definition) is 1. The van der Waals surface area contributed by atoms with Crippen molar-refractivity contribution in [3.05, 3.63) is 70.3 Å². The van der Waals surface area contributed by atoms with Gasteiger partial charge in [0.15, 0.2) is 0 Å². The van der Waals surface area contributed by atoms with E-state index in [-0.39, 0.29) is 5.56 Å². The smallest absolute Gasteiger partial charge is 0.266 e. The first-order valence-electron chi connectivity index (χ1n) is 7.47. The summed E-state index contributed by atoms with van der Waals surface area (Å²) >= 11 is 0. The maximum Gasteiger partial charge on any atom is 0.266 e. The van der Waals surface area contributed by atoms with Crippen LogP contribution in [0.25, 0.3) is 16.6 Å². The minimum atomic E-state index is -0.0463. The number of fused-ring (bicyclic) bond motifs is 1. The third-order valence-corrected chi connectivity index (χ3v) is 3.77. The van der Waals surface area contributed by atoms with Crippen molar-refractivity contribution >= 4 is 10.9 Å². The molecular formula is C19H17N3O. The summed E-state index contributed by atoms with van der Waals surface area (Å²) in [6.45, 7) is 1.93. The molecule has 1 heterocycles. The maximum atomic E-state index is 13.1. The Morgan fingerprint density at radius 1 is 1.13 bits per heavy atom. The zero-order chi connectivity index (χ0) is 16.2. The lowest BCUT2D eigenvalue weighted by Gasteiger charge is -2.13. The highest BCUT2D eigenvalue weighted by atomic mass is 16.1. The van der Waals surface area contributed by atoms with Crippen molar-refractivity contribution in [2.75, 3.05) is 0 Å². The van der Waals surface area contributed by atoms with Gasteiger partial charge < -0.3 is 5.73 Å². The molecule has 0 radical (unpaired) electrons. The summed E-state index contributed by atoms with van der Waals surface area (Å²) in [7, 11) is 0. The molecule has 4 nitrogen and oxygen atoms in total. The van der Waals surface area contributed by atoms with Gasteiger partial charge in [0.1, 0.15) is 5.82 Å². The number of nitrogens with two attached hydrogens (primary N) is 1. The zero-order valence-electron chi connectivity index (χ0n) is 12.9. The van der Waals surface area contributed by atoms with Crippen LogP contribution in [0, 0.1) is 18.9 Å². The molecular weight excluding hydrogens is 286 g/mol. The van der Waals surface area contributed by atoms with E-state index in [0.717, 1.165) is 16.8 Å². The Kier molecular flexibility index (Phi) is 4.11. The van der Waals surface area contributed by atoms with Crippen LogP contribution in [0.3, 0.4) is 0 Å². The van der Waals surface area contributed by atoms with E-state index in [2.05, 4.69) is 12.0 Å². The van der Waals surface area contributed by atoms with Crippen molar-refractivity contribution in [1.29, 1.82) is 0 Å². The van der Waals surface area contributed by atoms with E-state index >= 15 is 0 Å². The molecule has 0 aliphatic heterocycles. The van der Waals surface area contributed by atoms with E-state index in [1.165, 1.54) is 0 Å². The first kappa shape index (κ1) is 14.9. The van der Waals surface area contributed by atoms with E-state index in [1.807, 2.05) is 55.5 Å². The molecule has 114 valence electrons. The highest BCUT2D eigenvalue weighted by Gasteiger charge is 2.13. The molecule has 3 aromatic rings. The van der Waals surface area contributed by atoms with Crippen molar-refractivity contribution < 1.29 is 0 Å². The number of hydrogen-bond acceptors (Lipinski definition) is 3. The molecule has 0 saturated carbocycles. The lowest BCUT2D eigenvalue weighted by atomic mass is 10.1.